The number of amidine groups is 1. The minimum Gasteiger partial charge on any atom is -0.383 e. The van der Waals surface area contributed by atoms with Gasteiger partial charge >= 0.3 is 0 Å². The molecule has 0 saturated carbocycles. The third-order valence-corrected chi connectivity index (χ3v) is 2.85. The average Bonchev–Trinajstić information content (AvgIpc) is 2.30. The van der Waals surface area contributed by atoms with E-state index in [-0.39, 0.29) is 0 Å². The van der Waals surface area contributed by atoms with E-state index in [1.165, 1.54) is 0 Å². The summed E-state index contributed by atoms with van der Waals surface area (Å²) < 4.78 is 0. The van der Waals surface area contributed by atoms with Crippen LogP contribution in [0, 0.1) is 0 Å². The van der Waals surface area contributed by atoms with Crippen LogP contribution < -0.4 is 5.73 Å². The van der Waals surface area contributed by atoms with Gasteiger partial charge in [0.2, 0.25) is 0 Å². The van der Waals surface area contributed by atoms with Crippen LogP contribution in [0.15, 0.2) is 53.5 Å². The molecule has 0 saturated heterocycles. The summed E-state index contributed by atoms with van der Waals surface area (Å²) in [6, 6.07) is 14.6. The van der Waals surface area contributed by atoms with Crippen molar-refractivity contribution in [1.29, 1.82) is 0 Å². The van der Waals surface area contributed by atoms with Crippen LogP contribution in [0.5, 0.6) is 0 Å². The van der Waals surface area contributed by atoms with Crippen molar-refractivity contribution >= 4 is 34.7 Å². The maximum absolute atomic E-state index is 6.05. The Balaban J connectivity index is 2.44. The topological polar surface area (TPSA) is 38.4 Å². The molecule has 0 radical (unpaired) electrons. The summed E-state index contributed by atoms with van der Waals surface area (Å²) in [5.74, 6) is 0.312. The van der Waals surface area contributed by atoms with Gasteiger partial charge in [-0.2, -0.15) is 0 Å². The van der Waals surface area contributed by atoms with Crippen LogP contribution in [0.4, 0.5) is 5.69 Å². The lowest BCUT2D eigenvalue weighted by Gasteiger charge is -2.06. The zero-order chi connectivity index (χ0) is 12.3. The lowest BCUT2D eigenvalue weighted by Crippen LogP contribution is -2.14. The van der Waals surface area contributed by atoms with Gasteiger partial charge in [0, 0.05) is 0 Å². The first-order valence-electron chi connectivity index (χ1n) is 5.02. The summed E-state index contributed by atoms with van der Waals surface area (Å²) in [5, 5.41) is 0.990. The number of hydrogen-bond donors (Lipinski definition) is 1. The standard InChI is InChI=1S/C13H10Cl2N2/c14-10-7-4-8-11(15)12(10)13(16)17-9-5-2-1-3-6-9/h1-8H,(H2,16,17). The van der Waals surface area contributed by atoms with Gasteiger partial charge in [0.05, 0.1) is 21.3 Å². The Morgan fingerprint density at radius 3 is 2.06 bits per heavy atom. The minimum absolute atomic E-state index is 0.312. The molecule has 2 aromatic rings. The first-order valence-corrected chi connectivity index (χ1v) is 5.77. The van der Waals surface area contributed by atoms with Gasteiger partial charge in [-0.15, -0.1) is 0 Å². The Bertz CT molecular complexity index is 530. The van der Waals surface area contributed by atoms with Crippen LogP contribution in [-0.2, 0) is 0 Å². The van der Waals surface area contributed by atoms with Gasteiger partial charge in [-0.25, -0.2) is 4.99 Å². The molecule has 0 unspecified atom stereocenters. The van der Waals surface area contributed by atoms with Crippen LogP contribution in [0.1, 0.15) is 5.56 Å². The van der Waals surface area contributed by atoms with E-state index in [2.05, 4.69) is 4.99 Å². The van der Waals surface area contributed by atoms with E-state index in [4.69, 9.17) is 28.9 Å². The Kier molecular flexibility index (Phi) is 3.67. The zero-order valence-corrected chi connectivity index (χ0v) is 10.4. The number of para-hydroxylation sites is 1. The number of nitrogens with two attached hydrogens (primary N) is 1. The minimum atomic E-state index is 0.312. The maximum atomic E-state index is 6.05. The van der Waals surface area contributed by atoms with Crippen LogP contribution in [0.3, 0.4) is 0 Å². The lowest BCUT2D eigenvalue weighted by molar-refractivity contribution is 1.45. The molecule has 17 heavy (non-hydrogen) atoms. The van der Waals surface area contributed by atoms with Gasteiger partial charge in [-0.3, -0.25) is 0 Å². The van der Waals surface area contributed by atoms with Crippen molar-refractivity contribution < 1.29 is 0 Å². The molecule has 4 heteroatoms. The summed E-state index contributed by atoms with van der Waals surface area (Å²) in [7, 11) is 0. The largest absolute Gasteiger partial charge is 0.383 e. The molecule has 0 heterocycles. The monoisotopic (exact) mass is 264 g/mol. The van der Waals surface area contributed by atoms with E-state index in [1.807, 2.05) is 30.3 Å². The molecular formula is C13H10Cl2N2. The normalized spacial score (nSPS) is 11.5. The van der Waals surface area contributed by atoms with Gasteiger partial charge in [-0.05, 0) is 24.3 Å². The second-order valence-corrected chi connectivity index (χ2v) is 4.24. The van der Waals surface area contributed by atoms with Crippen molar-refractivity contribution in [3.8, 4) is 0 Å². The molecule has 2 nitrogen and oxygen atoms in total. The van der Waals surface area contributed by atoms with Crippen molar-refractivity contribution in [1.82, 2.24) is 0 Å². The molecule has 0 aliphatic carbocycles. The number of aliphatic imine (C=N–C) groups is 1. The van der Waals surface area contributed by atoms with Crippen molar-refractivity contribution in [2.45, 2.75) is 0 Å². The first kappa shape index (κ1) is 12.0. The van der Waals surface area contributed by atoms with Gasteiger partial charge in [0.25, 0.3) is 0 Å². The third kappa shape index (κ3) is 2.78. The maximum Gasteiger partial charge on any atom is 0.134 e. The van der Waals surface area contributed by atoms with Crippen molar-refractivity contribution in [2.75, 3.05) is 0 Å². The molecule has 0 fully saturated rings. The molecular weight excluding hydrogens is 255 g/mol. The van der Waals surface area contributed by atoms with E-state index in [9.17, 15) is 0 Å². The SMILES string of the molecule is NC(=Nc1ccccc1)c1c(Cl)cccc1Cl. The first-order chi connectivity index (χ1) is 8.18. The molecule has 2 rings (SSSR count). The number of benzene rings is 2. The van der Waals surface area contributed by atoms with Crippen LogP contribution in [0.25, 0.3) is 0 Å². The molecule has 0 aliphatic heterocycles. The molecule has 0 spiro atoms. The van der Waals surface area contributed by atoms with Gasteiger partial charge < -0.3 is 5.73 Å². The molecule has 86 valence electrons. The number of hydrogen-bond acceptors (Lipinski definition) is 1. The molecule has 2 aromatic carbocycles. The van der Waals surface area contributed by atoms with Gasteiger partial charge in [0.15, 0.2) is 0 Å². The molecule has 0 amide bonds. The Morgan fingerprint density at radius 2 is 1.47 bits per heavy atom. The molecule has 0 bridgehead atoms. The Hall–Kier alpha value is -1.51. The molecule has 0 aliphatic rings. The molecule has 0 aromatic heterocycles. The third-order valence-electron chi connectivity index (χ3n) is 2.22. The summed E-state index contributed by atoms with van der Waals surface area (Å²) >= 11 is 12.1. The van der Waals surface area contributed by atoms with Crippen molar-refractivity contribution in [3.05, 3.63) is 64.1 Å². The quantitative estimate of drug-likeness (QED) is 0.646. The van der Waals surface area contributed by atoms with Gasteiger partial charge in [0.1, 0.15) is 5.84 Å². The molecule has 0 atom stereocenters. The Morgan fingerprint density at radius 1 is 0.882 bits per heavy atom. The van der Waals surface area contributed by atoms with Crippen LogP contribution in [0.2, 0.25) is 10.0 Å². The summed E-state index contributed by atoms with van der Waals surface area (Å²) in [6.45, 7) is 0. The van der Waals surface area contributed by atoms with E-state index in [1.54, 1.807) is 18.2 Å². The predicted molar refractivity (Wildman–Crippen MR) is 73.3 cm³/mol. The van der Waals surface area contributed by atoms with E-state index < -0.39 is 0 Å². The number of rotatable bonds is 2. The smallest absolute Gasteiger partial charge is 0.134 e. The average molecular weight is 265 g/mol. The fourth-order valence-corrected chi connectivity index (χ4v) is 2.03. The van der Waals surface area contributed by atoms with E-state index >= 15 is 0 Å². The molecule has 2 N–H and O–H groups in total. The van der Waals surface area contributed by atoms with Crippen molar-refractivity contribution in [3.63, 3.8) is 0 Å². The number of halogens is 2. The highest BCUT2D eigenvalue weighted by Crippen LogP contribution is 2.25. The van der Waals surface area contributed by atoms with Gasteiger partial charge in [-0.1, -0.05) is 47.5 Å². The van der Waals surface area contributed by atoms with Crippen LogP contribution in [-0.4, -0.2) is 5.84 Å². The summed E-state index contributed by atoms with van der Waals surface area (Å²) in [5.41, 5.74) is 7.24. The zero-order valence-electron chi connectivity index (χ0n) is 8.90. The fourth-order valence-electron chi connectivity index (χ4n) is 1.44. The van der Waals surface area contributed by atoms with Crippen molar-refractivity contribution in [2.24, 2.45) is 10.7 Å². The lowest BCUT2D eigenvalue weighted by atomic mass is 10.2. The number of nitrogens with zero attached hydrogens (tertiary/aromatic N) is 1. The highest BCUT2D eigenvalue weighted by molar-refractivity contribution is 6.40. The Labute approximate surface area is 110 Å². The summed E-state index contributed by atoms with van der Waals surface area (Å²) in [4.78, 5) is 4.28. The predicted octanol–water partition coefficient (Wildman–Crippen LogP) is 4.03. The highest BCUT2D eigenvalue weighted by atomic mass is 35.5. The summed E-state index contributed by atoms with van der Waals surface area (Å²) in [6.07, 6.45) is 0. The van der Waals surface area contributed by atoms with E-state index in [0.29, 0.717) is 21.4 Å². The van der Waals surface area contributed by atoms with Crippen LogP contribution >= 0.6 is 23.2 Å². The second-order valence-electron chi connectivity index (χ2n) is 3.43. The second kappa shape index (κ2) is 5.21. The fraction of sp³-hybridized carbons (Fsp3) is 0. The highest BCUT2D eigenvalue weighted by Gasteiger charge is 2.09. The van der Waals surface area contributed by atoms with E-state index in [0.717, 1.165) is 5.69 Å².